The molecule has 4 nitrogen and oxygen atoms in total. The molecule has 0 radical (unpaired) electrons. The van der Waals surface area contributed by atoms with Gasteiger partial charge in [0.05, 0.1) is 27.2 Å². The Kier molecular flexibility index (Phi) is 7.24. The number of rotatable bonds is 8. The van der Waals surface area contributed by atoms with Gasteiger partial charge >= 0.3 is 0 Å². The van der Waals surface area contributed by atoms with Gasteiger partial charge in [-0.1, -0.05) is 20.8 Å². The van der Waals surface area contributed by atoms with Gasteiger partial charge in [0.15, 0.2) is 5.78 Å². The Morgan fingerprint density at radius 3 is 1.95 bits per heavy atom. The molecule has 0 amide bonds. The summed E-state index contributed by atoms with van der Waals surface area (Å²) in [7, 11) is 4.11. The van der Waals surface area contributed by atoms with Crippen LogP contribution in [0.15, 0.2) is 0 Å². The van der Waals surface area contributed by atoms with Crippen molar-refractivity contribution < 1.29 is 14.1 Å². The molecular formula is C17H35N2O2+. The fourth-order valence-electron chi connectivity index (χ4n) is 1.86. The van der Waals surface area contributed by atoms with Crippen LogP contribution in [0.3, 0.4) is 0 Å². The second-order valence-corrected chi connectivity index (χ2v) is 8.74. The minimum absolute atomic E-state index is 0.0237. The van der Waals surface area contributed by atoms with Gasteiger partial charge in [-0.2, -0.15) is 0 Å². The third kappa shape index (κ3) is 10.6. The van der Waals surface area contributed by atoms with E-state index in [4.69, 9.17) is 0 Å². The summed E-state index contributed by atoms with van der Waals surface area (Å²) in [5.41, 5.74) is -0.313. The Balaban J connectivity index is 4.10. The first-order valence-corrected chi connectivity index (χ1v) is 7.85. The van der Waals surface area contributed by atoms with Gasteiger partial charge in [0.25, 0.3) is 0 Å². The molecule has 4 heteroatoms. The van der Waals surface area contributed by atoms with Crippen LogP contribution >= 0.6 is 0 Å². The van der Waals surface area contributed by atoms with Gasteiger partial charge in [0.2, 0.25) is 0 Å². The Bertz CT molecular complexity index is 360. The zero-order valence-electron chi connectivity index (χ0n) is 15.3. The van der Waals surface area contributed by atoms with Crippen molar-refractivity contribution in [2.45, 2.75) is 59.9 Å². The van der Waals surface area contributed by atoms with E-state index < -0.39 is 0 Å². The van der Waals surface area contributed by atoms with Crippen LogP contribution in [0.1, 0.15) is 54.4 Å². The molecule has 0 aromatic rings. The minimum atomic E-state index is -0.290. The lowest BCUT2D eigenvalue weighted by Gasteiger charge is -2.31. The summed E-state index contributed by atoms with van der Waals surface area (Å²) >= 11 is 0. The number of ketones is 2. The largest absolute Gasteiger partial charge is 0.322 e. The van der Waals surface area contributed by atoms with Crippen molar-refractivity contribution in [2.75, 3.05) is 33.7 Å². The first kappa shape index (κ1) is 20.3. The molecule has 124 valence electrons. The molecule has 0 heterocycles. The molecule has 0 aromatic carbocycles. The maximum absolute atomic E-state index is 12.1. The van der Waals surface area contributed by atoms with Crippen LogP contribution in [-0.4, -0.2) is 55.3 Å². The lowest BCUT2D eigenvalue weighted by molar-refractivity contribution is -0.882. The van der Waals surface area contributed by atoms with Crippen LogP contribution in [-0.2, 0) is 9.59 Å². The van der Waals surface area contributed by atoms with Crippen molar-refractivity contribution in [1.82, 2.24) is 5.32 Å². The molecule has 0 rings (SSSR count). The molecule has 0 unspecified atom stereocenters. The molecule has 0 aliphatic carbocycles. The zero-order chi connectivity index (χ0) is 16.9. The monoisotopic (exact) mass is 299 g/mol. The summed E-state index contributed by atoms with van der Waals surface area (Å²) < 4.78 is 0.649. The van der Waals surface area contributed by atoms with Gasteiger partial charge in [-0.3, -0.25) is 9.59 Å². The van der Waals surface area contributed by atoms with Crippen LogP contribution < -0.4 is 5.32 Å². The van der Waals surface area contributed by atoms with Crippen LogP contribution in [0.5, 0.6) is 0 Å². The minimum Gasteiger partial charge on any atom is -0.322 e. The summed E-state index contributed by atoms with van der Waals surface area (Å²) in [6.07, 6.45) is 1.41. The Morgan fingerprint density at radius 2 is 1.52 bits per heavy atom. The number of carbonyl (C=O) groups is 2. The predicted octanol–water partition coefficient (Wildman–Crippen LogP) is 2.42. The van der Waals surface area contributed by atoms with Crippen LogP contribution in [0.4, 0.5) is 0 Å². The van der Waals surface area contributed by atoms with E-state index in [0.717, 1.165) is 13.0 Å². The van der Waals surface area contributed by atoms with Gasteiger partial charge in [0, 0.05) is 23.8 Å². The van der Waals surface area contributed by atoms with E-state index >= 15 is 0 Å². The molecule has 1 N–H and O–H groups in total. The summed E-state index contributed by atoms with van der Waals surface area (Å²) in [5, 5.41) is 3.21. The van der Waals surface area contributed by atoms with Crippen LogP contribution in [0.2, 0.25) is 0 Å². The summed E-state index contributed by atoms with van der Waals surface area (Å²) in [5.74, 6) is 0.514. The molecule has 0 aliphatic heterocycles. The van der Waals surface area contributed by atoms with Crippen molar-refractivity contribution in [3.05, 3.63) is 0 Å². The van der Waals surface area contributed by atoms with Crippen molar-refractivity contribution in [2.24, 2.45) is 5.41 Å². The van der Waals surface area contributed by atoms with Gasteiger partial charge in [-0.15, -0.1) is 0 Å². The van der Waals surface area contributed by atoms with E-state index in [1.807, 2.05) is 20.8 Å². The molecule has 0 fully saturated rings. The second-order valence-electron chi connectivity index (χ2n) is 8.74. The van der Waals surface area contributed by atoms with Gasteiger partial charge in [-0.05, 0) is 20.8 Å². The Morgan fingerprint density at radius 1 is 1.00 bits per heavy atom. The SMILES string of the molecule is CC(C)(C)NCC(=O)CCC[N+](C)(C)CC(=O)C(C)(C)C. The molecule has 21 heavy (non-hydrogen) atoms. The third-order valence-electron chi connectivity index (χ3n) is 3.44. The van der Waals surface area contributed by atoms with Crippen molar-refractivity contribution in [3.8, 4) is 0 Å². The average Bonchev–Trinajstić information content (AvgIpc) is 2.23. The predicted molar refractivity (Wildman–Crippen MR) is 88.3 cm³/mol. The van der Waals surface area contributed by atoms with Crippen LogP contribution in [0, 0.1) is 5.41 Å². The van der Waals surface area contributed by atoms with Gasteiger partial charge < -0.3 is 9.80 Å². The average molecular weight is 299 g/mol. The number of nitrogens with one attached hydrogen (secondary N) is 1. The highest BCUT2D eigenvalue weighted by Crippen LogP contribution is 2.17. The highest BCUT2D eigenvalue weighted by molar-refractivity contribution is 5.84. The Hall–Kier alpha value is -0.740. The van der Waals surface area contributed by atoms with E-state index in [1.54, 1.807) is 0 Å². The molecule has 0 aliphatic rings. The maximum atomic E-state index is 12.1. The number of nitrogens with zero attached hydrogens (tertiary/aromatic N) is 1. The smallest absolute Gasteiger partial charge is 0.192 e. The van der Waals surface area contributed by atoms with E-state index in [9.17, 15) is 9.59 Å². The van der Waals surface area contributed by atoms with E-state index in [0.29, 0.717) is 24.0 Å². The number of hydrogen-bond donors (Lipinski definition) is 1. The number of Topliss-reactive ketones (excluding diaryl/α,β-unsaturated/α-hetero) is 2. The normalized spacial score (nSPS) is 13.3. The molecule has 0 aromatic heterocycles. The number of carbonyl (C=O) groups excluding carboxylic acids is 2. The summed E-state index contributed by atoms with van der Waals surface area (Å²) in [6.45, 7) is 13.8. The summed E-state index contributed by atoms with van der Waals surface area (Å²) in [6, 6.07) is 0. The van der Waals surface area contributed by atoms with Crippen LogP contribution in [0.25, 0.3) is 0 Å². The number of hydrogen-bond acceptors (Lipinski definition) is 3. The fourth-order valence-corrected chi connectivity index (χ4v) is 1.86. The van der Waals surface area contributed by atoms with E-state index in [2.05, 4.69) is 40.2 Å². The highest BCUT2D eigenvalue weighted by atomic mass is 16.1. The van der Waals surface area contributed by atoms with Crippen molar-refractivity contribution in [1.29, 1.82) is 0 Å². The standard InChI is InChI=1S/C17H35N2O2/c1-16(2,3)15(21)13-19(7,8)11-9-10-14(20)12-18-17(4,5)6/h18H,9-13H2,1-8H3/q+1. The first-order valence-electron chi connectivity index (χ1n) is 7.85. The molecular weight excluding hydrogens is 264 g/mol. The first-order chi connectivity index (χ1) is 9.23. The van der Waals surface area contributed by atoms with Gasteiger partial charge in [-0.25, -0.2) is 0 Å². The molecule has 0 spiro atoms. The topological polar surface area (TPSA) is 46.2 Å². The summed E-state index contributed by atoms with van der Waals surface area (Å²) in [4.78, 5) is 23.9. The third-order valence-corrected chi connectivity index (χ3v) is 3.44. The van der Waals surface area contributed by atoms with E-state index in [1.165, 1.54) is 0 Å². The maximum Gasteiger partial charge on any atom is 0.192 e. The molecule has 0 saturated carbocycles. The second kappa shape index (κ2) is 7.50. The highest BCUT2D eigenvalue weighted by Gasteiger charge is 2.28. The number of likely N-dealkylation sites (N-methyl/N-ethyl adjacent to an activating group) is 1. The lowest BCUT2D eigenvalue weighted by atomic mass is 9.90. The van der Waals surface area contributed by atoms with Crippen molar-refractivity contribution >= 4 is 11.6 Å². The van der Waals surface area contributed by atoms with E-state index in [-0.39, 0.29) is 22.5 Å². The fraction of sp³-hybridized carbons (Fsp3) is 0.882. The van der Waals surface area contributed by atoms with Crippen molar-refractivity contribution in [3.63, 3.8) is 0 Å². The van der Waals surface area contributed by atoms with Gasteiger partial charge in [0.1, 0.15) is 12.3 Å². The zero-order valence-corrected chi connectivity index (χ0v) is 15.3. The number of quaternary nitrogens is 1. The molecule has 0 atom stereocenters. The quantitative estimate of drug-likeness (QED) is 0.700. The molecule has 0 bridgehead atoms. The molecule has 0 saturated heterocycles. The Labute approximate surface area is 130 Å². The lowest BCUT2D eigenvalue weighted by Crippen LogP contribution is -2.47.